The molecular formula is C23H27N3O3. The van der Waals surface area contributed by atoms with E-state index >= 15 is 0 Å². The van der Waals surface area contributed by atoms with E-state index in [-0.39, 0.29) is 0 Å². The molecule has 0 unspecified atom stereocenters. The predicted molar refractivity (Wildman–Crippen MR) is 112 cm³/mol. The van der Waals surface area contributed by atoms with E-state index in [0.717, 1.165) is 55.5 Å². The molecule has 152 valence electrons. The van der Waals surface area contributed by atoms with Crippen LogP contribution in [0.5, 0.6) is 0 Å². The molecule has 0 saturated carbocycles. The van der Waals surface area contributed by atoms with Crippen molar-refractivity contribution >= 4 is 5.69 Å². The van der Waals surface area contributed by atoms with Gasteiger partial charge in [0.15, 0.2) is 0 Å². The first kappa shape index (κ1) is 19.6. The van der Waals surface area contributed by atoms with Gasteiger partial charge < -0.3 is 19.2 Å². The molecule has 3 heterocycles. The molecule has 1 atom stereocenters. The van der Waals surface area contributed by atoms with Crippen molar-refractivity contribution in [2.45, 2.75) is 19.3 Å². The molecule has 3 aromatic rings. The van der Waals surface area contributed by atoms with E-state index < -0.39 is 6.10 Å². The molecule has 4 rings (SSSR count). The van der Waals surface area contributed by atoms with Crippen molar-refractivity contribution in [1.29, 1.82) is 0 Å². The van der Waals surface area contributed by atoms with Gasteiger partial charge in [-0.2, -0.15) is 0 Å². The summed E-state index contributed by atoms with van der Waals surface area (Å²) in [6, 6.07) is 17.7. The Morgan fingerprint density at radius 1 is 1.00 bits per heavy atom. The zero-order valence-corrected chi connectivity index (χ0v) is 16.7. The third kappa shape index (κ3) is 4.67. The predicted octanol–water partition coefficient (Wildman–Crippen LogP) is 3.22. The van der Waals surface area contributed by atoms with Gasteiger partial charge >= 0.3 is 0 Å². The van der Waals surface area contributed by atoms with Crippen molar-refractivity contribution in [2.24, 2.45) is 0 Å². The molecule has 1 aliphatic rings. The fraction of sp³-hybridized carbons (Fsp3) is 0.348. The lowest BCUT2D eigenvalue weighted by Gasteiger charge is -2.37. The van der Waals surface area contributed by atoms with Gasteiger partial charge in [0.2, 0.25) is 0 Å². The molecule has 0 bridgehead atoms. The van der Waals surface area contributed by atoms with Crippen LogP contribution in [0.4, 0.5) is 5.69 Å². The number of ether oxygens (including phenoxy) is 1. The Labute approximate surface area is 171 Å². The minimum Gasteiger partial charge on any atom is -0.462 e. The molecule has 0 aliphatic carbocycles. The molecular weight excluding hydrogens is 366 g/mol. The molecule has 2 aromatic heterocycles. The van der Waals surface area contributed by atoms with Gasteiger partial charge in [-0.15, -0.1) is 0 Å². The fourth-order valence-electron chi connectivity index (χ4n) is 3.80. The highest BCUT2D eigenvalue weighted by molar-refractivity contribution is 5.56. The molecule has 0 amide bonds. The first-order valence-electron chi connectivity index (χ1n) is 9.96. The molecule has 6 nitrogen and oxygen atoms in total. The standard InChI is InChI=1S/C23H27N3O3/c1-28-17-19-10-9-18(29-19)16-25-12-14-26(15-13-25)22-8-3-2-6-20(22)23(27)21-7-4-5-11-24-21/h2-11,23,27H,12-17H2,1H3/t23-/m0/s1. The summed E-state index contributed by atoms with van der Waals surface area (Å²) in [6.45, 7) is 4.98. The highest BCUT2D eigenvalue weighted by Crippen LogP contribution is 2.30. The van der Waals surface area contributed by atoms with E-state index in [0.29, 0.717) is 12.3 Å². The lowest BCUT2D eigenvalue weighted by molar-refractivity contribution is 0.158. The van der Waals surface area contributed by atoms with Gasteiger partial charge in [0, 0.05) is 50.7 Å². The minimum atomic E-state index is -0.729. The number of hydrogen-bond acceptors (Lipinski definition) is 6. The van der Waals surface area contributed by atoms with Crippen LogP contribution in [0.1, 0.15) is 28.9 Å². The van der Waals surface area contributed by atoms with E-state index in [1.807, 2.05) is 48.5 Å². The first-order valence-corrected chi connectivity index (χ1v) is 9.96. The number of aliphatic hydroxyl groups excluding tert-OH is 1. The number of methoxy groups -OCH3 is 1. The monoisotopic (exact) mass is 393 g/mol. The maximum absolute atomic E-state index is 10.9. The average Bonchev–Trinajstić information content (AvgIpc) is 3.21. The number of rotatable bonds is 7. The molecule has 1 aromatic carbocycles. The number of hydrogen-bond donors (Lipinski definition) is 1. The second-order valence-electron chi connectivity index (χ2n) is 7.28. The summed E-state index contributed by atoms with van der Waals surface area (Å²) in [5, 5.41) is 10.9. The van der Waals surface area contributed by atoms with Gasteiger partial charge in [-0.25, -0.2) is 0 Å². The summed E-state index contributed by atoms with van der Waals surface area (Å²) >= 11 is 0. The van der Waals surface area contributed by atoms with Crippen LogP contribution in [-0.2, 0) is 17.9 Å². The summed E-state index contributed by atoms with van der Waals surface area (Å²) in [5.74, 6) is 1.83. The fourth-order valence-corrected chi connectivity index (χ4v) is 3.80. The van der Waals surface area contributed by atoms with Gasteiger partial charge in [0.25, 0.3) is 0 Å². The highest BCUT2D eigenvalue weighted by atomic mass is 16.5. The number of furan rings is 1. The molecule has 1 fully saturated rings. The second kappa shape index (κ2) is 9.22. The molecule has 6 heteroatoms. The number of nitrogens with zero attached hydrogens (tertiary/aromatic N) is 3. The van der Waals surface area contributed by atoms with Crippen LogP contribution >= 0.6 is 0 Å². The number of anilines is 1. The second-order valence-corrected chi connectivity index (χ2v) is 7.28. The molecule has 0 spiro atoms. The van der Waals surface area contributed by atoms with E-state index in [2.05, 4.69) is 20.9 Å². The van der Waals surface area contributed by atoms with E-state index in [1.165, 1.54) is 0 Å². The third-order valence-corrected chi connectivity index (χ3v) is 5.30. The van der Waals surface area contributed by atoms with Crippen LogP contribution in [0, 0.1) is 0 Å². The number of aromatic nitrogens is 1. The number of benzene rings is 1. The summed E-state index contributed by atoms with van der Waals surface area (Å²) in [4.78, 5) is 9.06. The smallest absolute Gasteiger partial charge is 0.129 e. The first-order chi connectivity index (χ1) is 14.2. The Morgan fingerprint density at radius 3 is 2.52 bits per heavy atom. The Hall–Kier alpha value is -2.67. The molecule has 1 N–H and O–H groups in total. The van der Waals surface area contributed by atoms with E-state index in [1.54, 1.807) is 13.3 Å². The largest absolute Gasteiger partial charge is 0.462 e. The van der Waals surface area contributed by atoms with Crippen LogP contribution in [0.2, 0.25) is 0 Å². The zero-order chi connectivity index (χ0) is 20.1. The molecule has 1 saturated heterocycles. The molecule has 29 heavy (non-hydrogen) atoms. The Bertz CT molecular complexity index is 904. The van der Waals surface area contributed by atoms with Crippen molar-refractivity contribution in [1.82, 2.24) is 9.88 Å². The quantitative estimate of drug-likeness (QED) is 0.665. The average molecular weight is 393 g/mol. The van der Waals surface area contributed by atoms with Gasteiger partial charge in [0.05, 0.1) is 12.2 Å². The number of aliphatic hydroxyl groups is 1. The Balaban J connectivity index is 1.41. The summed E-state index contributed by atoms with van der Waals surface area (Å²) in [5.41, 5.74) is 2.64. The van der Waals surface area contributed by atoms with Crippen LogP contribution in [0.25, 0.3) is 0 Å². The highest BCUT2D eigenvalue weighted by Gasteiger charge is 2.23. The van der Waals surface area contributed by atoms with E-state index in [9.17, 15) is 5.11 Å². The van der Waals surface area contributed by atoms with Crippen molar-refractivity contribution in [3.05, 3.63) is 83.6 Å². The van der Waals surface area contributed by atoms with Gasteiger partial charge in [-0.05, 0) is 30.3 Å². The lowest BCUT2D eigenvalue weighted by atomic mass is 10.0. The topological polar surface area (TPSA) is 62.0 Å². The minimum absolute atomic E-state index is 0.503. The van der Waals surface area contributed by atoms with Crippen molar-refractivity contribution in [3.63, 3.8) is 0 Å². The maximum Gasteiger partial charge on any atom is 0.129 e. The summed E-state index contributed by atoms with van der Waals surface area (Å²) < 4.78 is 10.9. The number of para-hydroxylation sites is 1. The molecule has 0 radical (unpaired) electrons. The normalized spacial score (nSPS) is 16.1. The van der Waals surface area contributed by atoms with Crippen LogP contribution in [-0.4, -0.2) is 48.3 Å². The number of pyridine rings is 1. The molecule has 1 aliphatic heterocycles. The number of piperazine rings is 1. The maximum atomic E-state index is 10.9. The Morgan fingerprint density at radius 2 is 1.76 bits per heavy atom. The van der Waals surface area contributed by atoms with Crippen molar-refractivity contribution in [2.75, 3.05) is 38.2 Å². The van der Waals surface area contributed by atoms with Crippen LogP contribution in [0.15, 0.2) is 65.2 Å². The van der Waals surface area contributed by atoms with Gasteiger partial charge in [-0.3, -0.25) is 9.88 Å². The van der Waals surface area contributed by atoms with Crippen LogP contribution in [0.3, 0.4) is 0 Å². The SMILES string of the molecule is COCc1ccc(CN2CCN(c3ccccc3[C@H](O)c3ccccn3)CC2)o1. The lowest BCUT2D eigenvalue weighted by Crippen LogP contribution is -2.46. The summed E-state index contributed by atoms with van der Waals surface area (Å²) in [6.07, 6.45) is 0.986. The van der Waals surface area contributed by atoms with Gasteiger partial charge in [-0.1, -0.05) is 24.3 Å². The zero-order valence-electron chi connectivity index (χ0n) is 16.7. The van der Waals surface area contributed by atoms with Crippen LogP contribution < -0.4 is 4.90 Å². The van der Waals surface area contributed by atoms with Crippen molar-refractivity contribution < 1.29 is 14.3 Å². The van der Waals surface area contributed by atoms with Crippen molar-refractivity contribution in [3.8, 4) is 0 Å². The Kier molecular flexibility index (Phi) is 6.24. The van der Waals surface area contributed by atoms with Gasteiger partial charge in [0.1, 0.15) is 24.2 Å². The third-order valence-electron chi connectivity index (χ3n) is 5.30. The van der Waals surface area contributed by atoms with E-state index in [4.69, 9.17) is 9.15 Å². The summed E-state index contributed by atoms with van der Waals surface area (Å²) in [7, 11) is 1.67.